The lowest BCUT2D eigenvalue weighted by molar-refractivity contribution is 0.271. The highest BCUT2D eigenvalue weighted by Crippen LogP contribution is 2.14. The molecule has 1 heterocycles. The summed E-state index contributed by atoms with van der Waals surface area (Å²) in [5, 5.41) is 9.17. The molecule has 0 aliphatic heterocycles. The number of sulfonamides is 1. The molecule has 0 bridgehead atoms. The predicted molar refractivity (Wildman–Crippen MR) is 75.3 cm³/mol. The fourth-order valence-electron chi connectivity index (χ4n) is 1.90. The summed E-state index contributed by atoms with van der Waals surface area (Å²) in [4.78, 5) is 0.225. The first-order chi connectivity index (χ1) is 8.90. The van der Waals surface area contributed by atoms with Gasteiger partial charge in [0.1, 0.15) is 0 Å². The number of nitrogens with one attached hydrogen (secondary N) is 1. The van der Waals surface area contributed by atoms with Crippen LogP contribution in [0.4, 0.5) is 0 Å². The van der Waals surface area contributed by atoms with Crippen molar-refractivity contribution in [3.8, 4) is 0 Å². The van der Waals surface area contributed by atoms with Gasteiger partial charge in [-0.05, 0) is 31.7 Å². The Morgan fingerprint density at radius 2 is 2.11 bits per heavy atom. The van der Waals surface area contributed by atoms with Gasteiger partial charge in [0.05, 0.1) is 11.5 Å². The summed E-state index contributed by atoms with van der Waals surface area (Å²) in [6.07, 6.45) is 3.40. The molecule has 2 N–H and O–H groups in total. The molecule has 1 rings (SSSR count). The molecule has 0 aromatic carbocycles. The molecule has 0 aliphatic rings. The zero-order valence-corrected chi connectivity index (χ0v) is 12.7. The van der Waals surface area contributed by atoms with E-state index in [1.165, 1.54) is 6.07 Å². The van der Waals surface area contributed by atoms with Gasteiger partial charge in [-0.3, -0.25) is 0 Å². The van der Waals surface area contributed by atoms with Crippen LogP contribution in [0.3, 0.4) is 0 Å². The van der Waals surface area contributed by atoms with Crippen molar-refractivity contribution in [3.05, 3.63) is 18.0 Å². The maximum absolute atomic E-state index is 12.1. The SMILES string of the molecule is CCn1cc(S(=O)(=O)NCCCC(C)C)cc1CO. The average Bonchev–Trinajstić information content (AvgIpc) is 2.78. The van der Waals surface area contributed by atoms with Gasteiger partial charge in [-0.2, -0.15) is 0 Å². The first kappa shape index (κ1) is 16.2. The Bertz CT molecular complexity index is 470. The lowest BCUT2D eigenvalue weighted by Crippen LogP contribution is -2.24. The number of aliphatic hydroxyl groups excluding tert-OH is 1. The molecule has 1 aromatic heterocycles. The van der Waals surface area contributed by atoms with Gasteiger partial charge >= 0.3 is 0 Å². The smallest absolute Gasteiger partial charge is 0.242 e. The zero-order chi connectivity index (χ0) is 14.5. The lowest BCUT2D eigenvalue weighted by atomic mass is 10.1. The minimum absolute atomic E-state index is 0.156. The number of aromatic nitrogens is 1. The van der Waals surface area contributed by atoms with Gasteiger partial charge in [0, 0.05) is 25.0 Å². The van der Waals surface area contributed by atoms with Gasteiger partial charge in [0.2, 0.25) is 10.0 Å². The third-order valence-corrected chi connectivity index (χ3v) is 4.45. The van der Waals surface area contributed by atoms with Gasteiger partial charge in [-0.1, -0.05) is 13.8 Å². The highest BCUT2D eigenvalue weighted by Gasteiger charge is 2.17. The van der Waals surface area contributed by atoms with Crippen LogP contribution in [0.25, 0.3) is 0 Å². The Labute approximate surface area is 115 Å². The second-order valence-corrected chi connectivity index (χ2v) is 6.81. The second-order valence-electron chi connectivity index (χ2n) is 5.05. The van der Waals surface area contributed by atoms with Crippen molar-refractivity contribution in [2.45, 2.75) is 51.7 Å². The summed E-state index contributed by atoms with van der Waals surface area (Å²) in [6.45, 7) is 7.07. The van der Waals surface area contributed by atoms with E-state index in [-0.39, 0.29) is 11.5 Å². The predicted octanol–water partition coefficient (Wildman–Crippen LogP) is 1.71. The Morgan fingerprint density at radius 3 is 2.58 bits per heavy atom. The summed E-state index contributed by atoms with van der Waals surface area (Å²) in [5.41, 5.74) is 0.616. The van der Waals surface area contributed by atoms with E-state index in [1.54, 1.807) is 10.8 Å². The Morgan fingerprint density at radius 1 is 1.42 bits per heavy atom. The third-order valence-electron chi connectivity index (χ3n) is 3.02. The van der Waals surface area contributed by atoms with Crippen LogP contribution >= 0.6 is 0 Å². The highest BCUT2D eigenvalue weighted by molar-refractivity contribution is 7.89. The molecule has 1 aromatic rings. The van der Waals surface area contributed by atoms with E-state index >= 15 is 0 Å². The molecule has 0 radical (unpaired) electrons. The van der Waals surface area contributed by atoms with E-state index in [1.807, 2.05) is 6.92 Å². The van der Waals surface area contributed by atoms with Gasteiger partial charge in [-0.25, -0.2) is 13.1 Å². The van der Waals surface area contributed by atoms with Gasteiger partial charge in [-0.15, -0.1) is 0 Å². The Hall–Kier alpha value is -0.850. The van der Waals surface area contributed by atoms with Crippen LogP contribution < -0.4 is 4.72 Å². The highest BCUT2D eigenvalue weighted by atomic mass is 32.2. The first-order valence-electron chi connectivity index (χ1n) is 6.70. The molecule has 6 heteroatoms. The van der Waals surface area contributed by atoms with E-state index in [2.05, 4.69) is 18.6 Å². The van der Waals surface area contributed by atoms with E-state index in [9.17, 15) is 8.42 Å². The van der Waals surface area contributed by atoms with E-state index in [4.69, 9.17) is 5.11 Å². The monoisotopic (exact) mass is 288 g/mol. The molecule has 0 saturated carbocycles. The maximum Gasteiger partial charge on any atom is 0.242 e. The third kappa shape index (κ3) is 4.63. The zero-order valence-electron chi connectivity index (χ0n) is 11.9. The molecule has 0 fully saturated rings. The molecule has 110 valence electrons. The molecule has 0 spiro atoms. The summed E-state index contributed by atoms with van der Waals surface area (Å²) in [6, 6.07) is 1.52. The quantitative estimate of drug-likeness (QED) is 0.715. The number of aliphatic hydroxyl groups is 1. The topological polar surface area (TPSA) is 71.3 Å². The van der Waals surface area contributed by atoms with Crippen LogP contribution in [0.15, 0.2) is 17.2 Å². The van der Waals surface area contributed by atoms with Crippen LogP contribution in [0, 0.1) is 5.92 Å². The van der Waals surface area contributed by atoms with Crippen molar-refractivity contribution in [2.24, 2.45) is 5.92 Å². The van der Waals surface area contributed by atoms with Crippen molar-refractivity contribution in [1.29, 1.82) is 0 Å². The Balaban J connectivity index is 2.69. The van der Waals surface area contributed by atoms with Crippen molar-refractivity contribution in [3.63, 3.8) is 0 Å². The molecule has 0 atom stereocenters. The van der Waals surface area contributed by atoms with Crippen LogP contribution in [-0.4, -0.2) is 24.6 Å². The largest absolute Gasteiger partial charge is 0.390 e. The summed E-state index contributed by atoms with van der Waals surface area (Å²) in [5.74, 6) is 0.576. The van der Waals surface area contributed by atoms with Gasteiger partial charge in [0.25, 0.3) is 0 Å². The standard InChI is InChI=1S/C13H24N2O3S/c1-4-15-9-13(8-12(15)10-16)19(17,18)14-7-5-6-11(2)3/h8-9,11,14,16H,4-7,10H2,1-3H3. The van der Waals surface area contributed by atoms with Crippen molar-refractivity contribution >= 4 is 10.0 Å². The number of hydrogen-bond acceptors (Lipinski definition) is 3. The number of hydrogen-bond donors (Lipinski definition) is 2. The number of aryl methyl sites for hydroxylation is 1. The fraction of sp³-hybridized carbons (Fsp3) is 0.692. The van der Waals surface area contributed by atoms with Gasteiger partial charge in [0.15, 0.2) is 0 Å². The van der Waals surface area contributed by atoms with E-state index < -0.39 is 10.0 Å². The molecule has 0 saturated heterocycles. The normalized spacial score (nSPS) is 12.3. The first-order valence-corrected chi connectivity index (χ1v) is 8.18. The lowest BCUT2D eigenvalue weighted by Gasteiger charge is -2.06. The molecule has 0 amide bonds. The van der Waals surface area contributed by atoms with Crippen LogP contribution in [-0.2, 0) is 23.2 Å². The van der Waals surface area contributed by atoms with Crippen molar-refractivity contribution in [1.82, 2.24) is 9.29 Å². The molecule has 0 aliphatic carbocycles. The summed E-state index contributed by atoms with van der Waals surface area (Å²) >= 11 is 0. The fourth-order valence-corrected chi connectivity index (χ4v) is 3.04. The summed E-state index contributed by atoms with van der Waals surface area (Å²) < 4.78 is 28.5. The molecular weight excluding hydrogens is 264 g/mol. The van der Waals surface area contributed by atoms with Crippen LogP contribution in [0.5, 0.6) is 0 Å². The molecule has 19 heavy (non-hydrogen) atoms. The number of nitrogens with zero attached hydrogens (tertiary/aromatic N) is 1. The maximum atomic E-state index is 12.1. The Kier molecular flexibility index (Phi) is 6.03. The van der Waals surface area contributed by atoms with Gasteiger partial charge < -0.3 is 9.67 Å². The summed E-state index contributed by atoms with van der Waals surface area (Å²) in [7, 11) is -3.46. The molecule has 0 unspecified atom stereocenters. The molecule has 5 nitrogen and oxygen atoms in total. The van der Waals surface area contributed by atoms with Crippen molar-refractivity contribution < 1.29 is 13.5 Å². The molecular formula is C13H24N2O3S. The number of rotatable bonds is 8. The van der Waals surface area contributed by atoms with E-state index in [0.29, 0.717) is 24.7 Å². The van der Waals surface area contributed by atoms with Crippen LogP contribution in [0.2, 0.25) is 0 Å². The second kappa shape index (κ2) is 7.07. The average molecular weight is 288 g/mol. The minimum atomic E-state index is -3.46. The van der Waals surface area contributed by atoms with Crippen molar-refractivity contribution in [2.75, 3.05) is 6.54 Å². The van der Waals surface area contributed by atoms with Crippen LogP contribution in [0.1, 0.15) is 39.3 Å². The minimum Gasteiger partial charge on any atom is -0.390 e. The van der Waals surface area contributed by atoms with E-state index in [0.717, 1.165) is 12.8 Å².